The number of benzene rings is 1. The Hall–Kier alpha value is -1.91. The number of nitrogens with one attached hydrogen (secondary N) is 1. The quantitative estimate of drug-likeness (QED) is 0.848. The maximum Gasteiger partial charge on any atom is 0.296 e. The zero-order valence-electron chi connectivity index (χ0n) is 12.9. The van der Waals surface area contributed by atoms with Gasteiger partial charge in [0, 0.05) is 13.1 Å². The molecule has 1 amide bonds. The van der Waals surface area contributed by atoms with Crippen LogP contribution in [0.4, 0.5) is 15.8 Å². The van der Waals surface area contributed by atoms with Gasteiger partial charge in [-0.1, -0.05) is 27.7 Å². The van der Waals surface area contributed by atoms with E-state index in [9.17, 15) is 14.0 Å². The first kappa shape index (κ1) is 15.5. The van der Waals surface area contributed by atoms with Gasteiger partial charge in [-0.25, -0.2) is 4.39 Å². The number of amides is 1. The molecule has 0 radical (unpaired) electrons. The van der Waals surface area contributed by atoms with E-state index in [2.05, 4.69) is 33.0 Å². The lowest BCUT2D eigenvalue weighted by Crippen LogP contribution is -2.32. The molecule has 0 saturated heterocycles. The van der Waals surface area contributed by atoms with Crippen molar-refractivity contribution in [3.8, 4) is 0 Å². The van der Waals surface area contributed by atoms with Crippen LogP contribution in [0.1, 0.15) is 38.1 Å². The molecule has 0 bridgehead atoms. The van der Waals surface area contributed by atoms with Crippen molar-refractivity contribution in [1.82, 2.24) is 0 Å². The molecule has 21 heavy (non-hydrogen) atoms. The fourth-order valence-electron chi connectivity index (χ4n) is 2.55. The Bertz CT molecular complexity index is 572. The number of hydrogen-bond acceptors (Lipinski definition) is 3. The topological polar surface area (TPSA) is 49.4 Å². The van der Waals surface area contributed by atoms with Crippen LogP contribution in [-0.2, 0) is 4.79 Å². The number of Topliss-reactive ketones (excluding diaryl/α,β-unsaturated/α-hetero) is 1. The normalized spacial score (nSPS) is 13.9. The monoisotopic (exact) mass is 292 g/mol. The molecule has 2 rings (SSSR count). The highest BCUT2D eigenvalue weighted by Crippen LogP contribution is 2.32. The molecule has 1 heterocycles. The first-order chi connectivity index (χ1) is 9.79. The predicted octanol–water partition coefficient (Wildman–Crippen LogP) is 3.08. The Labute approximate surface area is 124 Å². The highest BCUT2D eigenvalue weighted by molar-refractivity contribution is 6.51. The molecule has 0 unspecified atom stereocenters. The molecule has 0 spiro atoms. The van der Waals surface area contributed by atoms with Gasteiger partial charge in [-0.2, -0.15) is 0 Å². The van der Waals surface area contributed by atoms with Gasteiger partial charge in [0.05, 0.1) is 16.9 Å². The van der Waals surface area contributed by atoms with E-state index in [0.29, 0.717) is 23.2 Å². The van der Waals surface area contributed by atoms with Crippen molar-refractivity contribution in [2.24, 2.45) is 11.8 Å². The van der Waals surface area contributed by atoms with Gasteiger partial charge >= 0.3 is 0 Å². The SMILES string of the molecule is CC(C)CN(CC(C)C)c1cc2c(cc1F)C(=O)C(=O)N2. The van der Waals surface area contributed by atoms with Crippen LogP contribution >= 0.6 is 0 Å². The van der Waals surface area contributed by atoms with Gasteiger partial charge in [0.25, 0.3) is 11.7 Å². The summed E-state index contributed by atoms with van der Waals surface area (Å²) >= 11 is 0. The summed E-state index contributed by atoms with van der Waals surface area (Å²) < 4.78 is 14.4. The summed E-state index contributed by atoms with van der Waals surface area (Å²) in [6.45, 7) is 9.73. The summed E-state index contributed by atoms with van der Waals surface area (Å²) in [5.74, 6) is -1.06. The Morgan fingerprint density at radius 2 is 1.67 bits per heavy atom. The standard InChI is InChI=1S/C16H21FN2O2/c1-9(2)7-19(8-10(3)4)14-6-13-11(5-12(14)17)15(20)16(21)18-13/h5-6,9-10H,7-8H2,1-4H3,(H,18,20,21). The molecule has 4 nitrogen and oxygen atoms in total. The molecule has 1 aromatic rings. The third-order valence-electron chi connectivity index (χ3n) is 3.30. The number of halogens is 1. The van der Waals surface area contributed by atoms with Crippen molar-refractivity contribution >= 4 is 23.1 Å². The van der Waals surface area contributed by atoms with E-state index in [1.165, 1.54) is 6.07 Å². The number of rotatable bonds is 5. The Balaban J connectivity index is 2.40. The van der Waals surface area contributed by atoms with E-state index in [1.807, 2.05) is 4.90 Å². The number of carbonyl (C=O) groups is 2. The first-order valence-corrected chi connectivity index (χ1v) is 7.23. The molecule has 1 aromatic carbocycles. The third kappa shape index (κ3) is 3.23. The number of anilines is 2. The zero-order chi connectivity index (χ0) is 15.7. The van der Waals surface area contributed by atoms with Crippen LogP contribution in [0, 0.1) is 17.7 Å². The molecule has 1 N–H and O–H groups in total. The van der Waals surface area contributed by atoms with Gasteiger partial charge in [-0.15, -0.1) is 0 Å². The van der Waals surface area contributed by atoms with E-state index in [4.69, 9.17) is 0 Å². The van der Waals surface area contributed by atoms with E-state index in [-0.39, 0.29) is 5.56 Å². The van der Waals surface area contributed by atoms with Crippen molar-refractivity contribution in [3.05, 3.63) is 23.5 Å². The second-order valence-electron chi connectivity index (χ2n) is 6.33. The van der Waals surface area contributed by atoms with Crippen LogP contribution < -0.4 is 10.2 Å². The highest BCUT2D eigenvalue weighted by atomic mass is 19.1. The molecule has 0 saturated carbocycles. The lowest BCUT2D eigenvalue weighted by Gasteiger charge is -2.29. The first-order valence-electron chi connectivity index (χ1n) is 7.23. The Morgan fingerprint density at radius 1 is 1.10 bits per heavy atom. The van der Waals surface area contributed by atoms with Gasteiger partial charge < -0.3 is 10.2 Å². The summed E-state index contributed by atoms with van der Waals surface area (Å²) in [5.41, 5.74) is 0.959. The second-order valence-corrected chi connectivity index (χ2v) is 6.33. The number of nitrogens with zero attached hydrogens (tertiary/aromatic N) is 1. The molecular formula is C16H21FN2O2. The number of fused-ring (bicyclic) bond motifs is 1. The molecule has 1 aliphatic heterocycles. The maximum atomic E-state index is 14.4. The van der Waals surface area contributed by atoms with Gasteiger partial charge in [-0.3, -0.25) is 9.59 Å². The zero-order valence-corrected chi connectivity index (χ0v) is 12.9. The largest absolute Gasteiger partial charge is 0.369 e. The molecule has 0 fully saturated rings. The summed E-state index contributed by atoms with van der Waals surface area (Å²) in [6.07, 6.45) is 0. The van der Waals surface area contributed by atoms with E-state index < -0.39 is 17.5 Å². The van der Waals surface area contributed by atoms with E-state index in [1.54, 1.807) is 6.07 Å². The van der Waals surface area contributed by atoms with Crippen LogP contribution in [-0.4, -0.2) is 24.8 Å². The minimum atomic E-state index is -0.694. The van der Waals surface area contributed by atoms with Gasteiger partial charge in [0.15, 0.2) is 0 Å². The minimum Gasteiger partial charge on any atom is -0.369 e. The number of hydrogen-bond donors (Lipinski definition) is 1. The molecule has 0 aromatic heterocycles. The summed E-state index contributed by atoms with van der Waals surface area (Å²) in [6, 6.07) is 2.73. The fourth-order valence-corrected chi connectivity index (χ4v) is 2.55. The summed E-state index contributed by atoms with van der Waals surface area (Å²) in [5, 5.41) is 2.49. The lowest BCUT2D eigenvalue weighted by atomic mass is 10.1. The van der Waals surface area contributed by atoms with Gasteiger partial charge in [0.1, 0.15) is 5.82 Å². The van der Waals surface area contributed by atoms with Crippen molar-refractivity contribution in [2.75, 3.05) is 23.3 Å². The summed E-state index contributed by atoms with van der Waals surface area (Å²) in [4.78, 5) is 24.9. The summed E-state index contributed by atoms with van der Waals surface area (Å²) in [7, 11) is 0. The molecular weight excluding hydrogens is 271 g/mol. The predicted molar refractivity (Wildman–Crippen MR) is 81.2 cm³/mol. The van der Waals surface area contributed by atoms with Crippen LogP contribution in [0.15, 0.2) is 12.1 Å². The molecule has 114 valence electrons. The molecule has 5 heteroatoms. The average molecular weight is 292 g/mol. The van der Waals surface area contributed by atoms with Crippen molar-refractivity contribution in [3.63, 3.8) is 0 Å². The third-order valence-corrected chi connectivity index (χ3v) is 3.30. The van der Waals surface area contributed by atoms with Crippen LogP contribution in [0.3, 0.4) is 0 Å². The Morgan fingerprint density at radius 3 is 2.19 bits per heavy atom. The van der Waals surface area contributed by atoms with Crippen LogP contribution in [0.2, 0.25) is 0 Å². The van der Waals surface area contributed by atoms with Crippen LogP contribution in [0.5, 0.6) is 0 Å². The van der Waals surface area contributed by atoms with Gasteiger partial charge in [0.2, 0.25) is 0 Å². The average Bonchev–Trinajstić information content (AvgIpc) is 2.63. The lowest BCUT2D eigenvalue weighted by molar-refractivity contribution is -0.112. The molecule has 1 aliphatic rings. The molecule has 0 aliphatic carbocycles. The fraction of sp³-hybridized carbons (Fsp3) is 0.500. The highest BCUT2D eigenvalue weighted by Gasteiger charge is 2.30. The maximum absolute atomic E-state index is 14.4. The molecule has 0 atom stereocenters. The minimum absolute atomic E-state index is 0.121. The van der Waals surface area contributed by atoms with Crippen molar-refractivity contribution in [2.45, 2.75) is 27.7 Å². The van der Waals surface area contributed by atoms with Crippen molar-refractivity contribution < 1.29 is 14.0 Å². The second kappa shape index (κ2) is 5.84. The van der Waals surface area contributed by atoms with Crippen molar-refractivity contribution in [1.29, 1.82) is 0 Å². The van der Waals surface area contributed by atoms with E-state index in [0.717, 1.165) is 13.1 Å². The van der Waals surface area contributed by atoms with Crippen LogP contribution in [0.25, 0.3) is 0 Å². The number of carbonyl (C=O) groups excluding carboxylic acids is 2. The smallest absolute Gasteiger partial charge is 0.296 e. The van der Waals surface area contributed by atoms with E-state index >= 15 is 0 Å². The number of ketones is 1. The van der Waals surface area contributed by atoms with Gasteiger partial charge in [-0.05, 0) is 24.0 Å². The Kier molecular flexibility index (Phi) is 4.30.